The first-order valence-corrected chi connectivity index (χ1v) is 9.19. The van der Waals surface area contributed by atoms with Gasteiger partial charge in [-0.1, -0.05) is 0 Å². The Balaban J connectivity index is 1.87. The molecule has 0 spiro atoms. The highest BCUT2D eigenvalue weighted by Gasteiger charge is 2.34. The number of hydrogen-bond donors (Lipinski definition) is 3. The SMILES string of the molecule is CCNC(=NCC(C)(O)c1ccc(C)o1)NCC1CCN(CC(F)(F)F)C1. The minimum absolute atomic E-state index is 0.0974. The first kappa shape index (κ1) is 21.6. The van der Waals surface area contributed by atoms with Crippen LogP contribution in [0, 0.1) is 12.8 Å². The molecular weight excluding hydrogens is 361 g/mol. The number of aliphatic hydroxyl groups is 1. The molecule has 0 saturated carbocycles. The molecule has 3 N–H and O–H groups in total. The number of guanidine groups is 1. The van der Waals surface area contributed by atoms with E-state index in [0.717, 1.165) is 0 Å². The minimum Gasteiger partial charge on any atom is -0.463 e. The zero-order valence-electron chi connectivity index (χ0n) is 16.1. The van der Waals surface area contributed by atoms with E-state index in [-0.39, 0.29) is 12.5 Å². The number of halogens is 3. The third kappa shape index (κ3) is 7.06. The second-order valence-electron chi connectivity index (χ2n) is 7.27. The maximum atomic E-state index is 12.5. The lowest BCUT2D eigenvalue weighted by atomic mass is 10.0. The highest BCUT2D eigenvalue weighted by Crippen LogP contribution is 2.24. The first-order valence-electron chi connectivity index (χ1n) is 9.19. The van der Waals surface area contributed by atoms with Crippen LogP contribution in [-0.2, 0) is 5.60 Å². The molecule has 1 aliphatic rings. The molecule has 2 unspecified atom stereocenters. The van der Waals surface area contributed by atoms with Crippen LogP contribution in [0.4, 0.5) is 13.2 Å². The van der Waals surface area contributed by atoms with Crippen LogP contribution in [0.3, 0.4) is 0 Å². The summed E-state index contributed by atoms with van der Waals surface area (Å²) in [5.74, 6) is 1.81. The maximum absolute atomic E-state index is 12.5. The van der Waals surface area contributed by atoms with Crippen molar-refractivity contribution in [2.45, 2.75) is 39.0 Å². The van der Waals surface area contributed by atoms with Gasteiger partial charge in [0.05, 0.1) is 13.1 Å². The summed E-state index contributed by atoms with van der Waals surface area (Å²) in [4.78, 5) is 5.83. The van der Waals surface area contributed by atoms with E-state index in [2.05, 4.69) is 15.6 Å². The van der Waals surface area contributed by atoms with E-state index in [1.807, 2.05) is 6.92 Å². The van der Waals surface area contributed by atoms with E-state index >= 15 is 0 Å². The van der Waals surface area contributed by atoms with E-state index in [9.17, 15) is 18.3 Å². The van der Waals surface area contributed by atoms with E-state index in [0.29, 0.717) is 50.1 Å². The second-order valence-corrected chi connectivity index (χ2v) is 7.27. The van der Waals surface area contributed by atoms with Crippen LogP contribution in [0.25, 0.3) is 0 Å². The highest BCUT2D eigenvalue weighted by molar-refractivity contribution is 5.79. The Hall–Kier alpha value is -1.74. The third-order valence-electron chi connectivity index (χ3n) is 4.49. The van der Waals surface area contributed by atoms with Crippen molar-refractivity contribution in [1.29, 1.82) is 0 Å². The molecule has 6 nitrogen and oxygen atoms in total. The Kier molecular flexibility index (Phi) is 7.16. The highest BCUT2D eigenvalue weighted by atomic mass is 19.4. The molecule has 1 aromatic rings. The lowest BCUT2D eigenvalue weighted by Gasteiger charge is -2.21. The van der Waals surface area contributed by atoms with Gasteiger partial charge in [-0.3, -0.25) is 4.90 Å². The van der Waals surface area contributed by atoms with E-state index in [1.54, 1.807) is 26.0 Å². The van der Waals surface area contributed by atoms with Gasteiger partial charge in [0.1, 0.15) is 17.1 Å². The number of nitrogens with one attached hydrogen (secondary N) is 2. The van der Waals surface area contributed by atoms with Gasteiger partial charge < -0.3 is 20.2 Å². The molecule has 1 fully saturated rings. The van der Waals surface area contributed by atoms with Crippen LogP contribution in [-0.4, -0.2) is 61.4 Å². The molecule has 1 saturated heterocycles. The van der Waals surface area contributed by atoms with Crippen molar-refractivity contribution in [2.24, 2.45) is 10.9 Å². The monoisotopic (exact) mass is 390 g/mol. The molecule has 0 amide bonds. The summed E-state index contributed by atoms with van der Waals surface area (Å²) >= 11 is 0. The van der Waals surface area contributed by atoms with Gasteiger partial charge in [-0.25, -0.2) is 4.99 Å². The van der Waals surface area contributed by atoms with Crippen molar-refractivity contribution in [3.63, 3.8) is 0 Å². The standard InChI is InChI=1S/C18H29F3N4O2/c1-4-22-16(24-11-17(3,26)15-6-5-13(2)27-15)23-9-14-7-8-25(10-14)12-18(19,20)21/h5-6,14,26H,4,7-12H2,1-3H3,(H2,22,23,24). The Morgan fingerprint density at radius 3 is 2.70 bits per heavy atom. The van der Waals surface area contributed by atoms with Crippen molar-refractivity contribution in [3.8, 4) is 0 Å². The summed E-state index contributed by atoms with van der Waals surface area (Å²) in [5, 5.41) is 16.8. The molecule has 2 heterocycles. The van der Waals surface area contributed by atoms with Gasteiger partial charge in [0.15, 0.2) is 5.96 Å². The Bertz CT molecular complexity index is 628. The number of rotatable bonds is 7. The second kappa shape index (κ2) is 8.97. The number of hydrogen-bond acceptors (Lipinski definition) is 4. The quantitative estimate of drug-likeness (QED) is 0.492. The Labute approximate surface area is 157 Å². The average molecular weight is 390 g/mol. The zero-order chi connectivity index (χ0) is 20.1. The Morgan fingerprint density at radius 2 is 2.11 bits per heavy atom. The van der Waals surface area contributed by atoms with Crippen LogP contribution in [0.15, 0.2) is 21.5 Å². The molecule has 9 heteroatoms. The van der Waals surface area contributed by atoms with Crippen molar-refractivity contribution < 1.29 is 22.7 Å². The van der Waals surface area contributed by atoms with Crippen molar-refractivity contribution in [1.82, 2.24) is 15.5 Å². The van der Waals surface area contributed by atoms with Crippen LogP contribution >= 0.6 is 0 Å². The van der Waals surface area contributed by atoms with Crippen molar-refractivity contribution >= 4 is 5.96 Å². The predicted molar refractivity (Wildman–Crippen MR) is 97.6 cm³/mol. The van der Waals surface area contributed by atoms with Gasteiger partial charge >= 0.3 is 6.18 Å². The van der Waals surface area contributed by atoms with Gasteiger partial charge in [0.25, 0.3) is 0 Å². The number of likely N-dealkylation sites (tertiary alicyclic amines) is 1. The van der Waals surface area contributed by atoms with Crippen LogP contribution in [0.5, 0.6) is 0 Å². The number of furan rings is 1. The number of alkyl halides is 3. The Morgan fingerprint density at radius 1 is 1.37 bits per heavy atom. The lowest BCUT2D eigenvalue weighted by Crippen LogP contribution is -2.41. The molecule has 0 radical (unpaired) electrons. The molecule has 2 atom stereocenters. The summed E-state index contributed by atoms with van der Waals surface area (Å²) in [6.07, 6.45) is -3.44. The summed E-state index contributed by atoms with van der Waals surface area (Å²) in [7, 11) is 0. The lowest BCUT2D eigenvalue weighted by molar-refractivity contribution is -0.143. The van der Waals surface area contributed by atoms with Crippen molar-refractivity contribution in [2.75, 3.05) is 39.3 Å². The average Bonchev–Trinajstić information content (AvgIpc) is 3.18. The minimum atomic E-state index is -4.16. The zero-order valence-corrected chi connectivity index (χ0v) is 16.1. The summed E-state index contributed by atoms with van der Waals surface area (Å²) < 4.78 is 42.9. The summed E-state index contributed by atoms with van der Waals surface area (Å²) in [5.41, 5.74) is -1.24. The molecule has 0 bridgehead atoms. The van der Waals surface area contributed by atoms with Crippen LogP contribution < -0.4 is 10.6 Å². The first-order chi connectivity index (χ1) is 12.6. The predicted octanol–water partition coefficient (Wildman–Crippen LogP) is 2.23. The molecule has 27 heavy (non-hydrogen) atoms. The third-order valence-corrected chi connectivity index (χ3v) is 4.49. The number of aliphatic imine (C=N–C) groups is 1. The smallest absolute Gasteiger partial charge is 0.401 e. The number of aryl methyl sites for hydroxylation is 1. The molecule has 1 aromatic heterocycles. The van der Waals surface area contributed by atoms with Crippen molar-refractivity contribution in [3.05, 3.63) is 23.7 Å². The maximum Gasteiger partial charge on any atom is 0.401 e. The number of nitrogens with zero attached hydrogens (tertiary/aromatic N) is 2. The van der Waals surface area contributed by atoms with Crippen LogP contribution in [0.2, 0.25) is 0 Å². The molecular formula is C18H29F3N4O2. The van der Waals surface area contributed by atoms with Gasteiger partial charge in [-0.15, -0.1) is 0 Å². The van der Waals surface area contributed by atoms with Gasteiger partial charge in [0, 0.05) is 19.6 Å². The normalized spacial score (nSPS) is 21.3. The molecule has 0 aliphatic carbocycles. The van der Waals surface area contributed by atoms with E-state index < -0.39 is 18.3 Å². The molecule has 1 aliphatic heterocycles. The topological polar surface area (TPSA) is 73.0 Å². The van der Waals surface area contributed by atoms with Gasteiger partial charge in [-0.2, -0.15) is 13.2 Å². The molecule has 2 rings (SSSR count). The summed E-state index contributed by atoms with van der Waals surface area (Å²) in [6.45, 7) is 6.62. The van der Waals surface area contributed by atoms with Gasteiger partial charge in [-0.05, 0) is 51.8 Å². The van der Waals surface area contributed by atoms with E-state index in [4.69, 9.17) is 4.42 Å². The largest absolute Gasteiger partial charge is 0.463 e. The molecule has 0 aromatic carbocycles. The molecule has 154 valence electrons. The fraction of sp³-hybridized carbons (Fsp3) is 0.722. The fourth-order valence-corrected chi connectivity index (χ4v) is 3.09. The summed E-state index contributed by atoms with van der Waals surface area (Å²) in [6, 6.07) is 3.50. The van der Waals surface area contributed by atoms with Crippen LogP contribution in [0.1, 0.15) is 31.8 Å². The van der Waals surface area contributed by atoms with Gasteiger partial charge in [0.2, 0.25) is 0 Å². The fourth-order valence-electron chi connectivity index (χ4n) is 3.09. The van der Waals surface area contributed by atoms with E-state index in [1.165, 1.54) is 4.90 Å².